The highest BCUT2D eigenvalue weighted by Gasteiger charge is 2.23. The summed E-state index contributed by atoms with van der Waals surface area (Å²) in [6.07, 6.45) is 5.49. The zero-order valence-electron chi connectivity index (χ0n) is 19.9. The van der Waals surface area contributed by atoms with Crippen molar-refractivity contribution in [3.8, 4) is 5.69 Å². The van der Waals surface area contributed by atoms with Gasteiger partial charge in [0.1, 0.15) is 0 Å². The zero-order chi connectivity index (χ0) is 24.8. The van der Waals surface area contributed by atoms with Crippen molar-refractivity contribution < 1.29 is 9.72 Å². The first-order valence-electron chi connectivity index (χ1n) is 11.9. The van der Waals surface area contributed by atoms with Crippen molar-refractivity contribution in [2.24, 2.45) is 0 Å². The lowest BCUT2D eigenvalue weighted by Crippen LogP contribution is -2.44. The molecule has 1 unspecified atom stereocenters. The van der Waals surface area contributed by atoms with E-state index in [1.54, 1.807) is 12.1 Å². The number of non-ortho nitro benzene ring substituents is 1. The van der Waals surface area contributed by atoms with Crippen LogP contribution in [-0.2, 0) is 5.75 Å². The molecule has 2 N–H and O–H groups in total. The van der Waals surface area contributed by atoms with E-state index in [0.717, 1.165) is 31.2 Å². The molecule has 1 aliphatic carbocycles. The van der Waals surface area contributed by atoms with Crippen LogP contribution in [0.1, 0.15) is 62.0 Å². The number of urea groups is 1. The van der Waals surface area contributed by atoms with Gasteiger partial charge >= 0.3 is 6.03 Å². The van der Waals surface area contributed by atoms with E-state index in [1.807, 2.05) is 17.6 Å². The van der Waals surface area contributed by atoms with Crippen molar-refractivity contribution in [2.75, 3.05) is 0 Å². The van der Waals surface area contributed by atoms with E-state index in [4.69, 9.17) is 0 Å². The average Bonchev–Trinajstić information content (AvgIpc) is 3.27. The highest BCUT2D eigenvalue weighted by Crippen LogP contribution is 2.29. The second-order valence-electron chi connectivity index (χ2n) is 8.90. The Hall–Kier alpha value is -3.40. The number of carbonyl (C=O) groups is 1. The number of nitro groups is 1. The number of hydrogen-bond donors (Lipinski definition) is 2. The topological polar surface area (TPSA) is 115 Å². The number of thioether (sulfide) groups is 1. The van der Waals surface area contributed by atoms with Crippen molar-refractivity contribution in [2.45, 2.75) is 68.9 Å². The molecule has 0 spiro atoms. The Balaban J connectivity index is 1.56. The van der Waals surface area contributed by atoms with E-state index < -0.39 is 11.0 Å². The quantitative estimate of drug-likeness (QED) is 0.244. The fourth-order valence-corrected chi connectivity index (χ4v) is 5.21. The normalized spacial score (nSPS) is 14.9. The Morgan fingerprint density at radius 1 is 1.17 bits per heavy atom. The Labute approximate surface area is 208 Å². The molecule has 9 nitrogen and oxygen atoms in total. The first kappa shape index (κ1) is 24.7. The molecule has 35 heavy (non-hydrogen) atoms. The van der Waals surface area contributed by atoms with E-state index in [0.29, 0.717) is 22.4 Å². The van der Waals surface area contributed by atoms with E-state index in [9.17, 15) is 14.9 Å². The monoisotopic (exact) mass is 494 g/mol. The zero-order valence-corrected chi connectivity index (χ0v) is 20.8. The van der Waals surface area contributed by atoms with Gasteiger partial charge in [-0.1, -0.05) is 60.9 Å². The lowest BCUT2D eigenvalue weighted by Gasteiger charge is -2.24. The molecule has 10 heteroatoms. The third kappa shape index (κ3) is 6.39. The minimum Gasteiger partial charge on any atom is -0.335 e. The Morgan fingerprint density at radius 3 is 2.60 bits per heavy atom. The van der Waals surface area contributed by atoms with Gasteiger partial charge in [-0.3, -0.25) is 14.7 Å². The molecule has 0 bridgehead atoms. The number of nitrogens with zero attached hydrogens (tertiary/aromatic N) is 4. The number of hydrogen-bond acceptors (Lipinski definition) is 6. The maximum absolute atomic E-state index is 12.7. The van der Waals surface area contributed by atoms with Crippen LogP contribution in [0, 0.1) is 17.0 Å². The van der Waals surface area contributed by atoms with Crippen LogP contribution >= 0.6 is 11.8 Å². The first-order valence-corrected chi connectivity index (χ1v) is 12.8. The second-order valence-corrected chi connectivity index (χ2v) is 9.84. The van der Waals surface area contributed by atoms with Crippen molar-refractivity contribution >= 4 is 23.5 Å². The number of rotatable bonds is 8. The molecule has 1 aliphatic rings. The van der Waals surface area contributed by atoms with Crippen LogP contribution in [0.25, 0.3) is 5.69 Å². The van der Waals surface area contributed by atoms with Crippen molar-refractivity contribution in [1.82, 2.24) is 25.4 Å². The van der Waals surface area contributed by atoms with Crippen molar-refractivity contribution in [1.29, 1.82) is 0 Å². The standard InChI is InChI=1S/C25H30N6O3S/c1-17-7-6-8-19(15-17)16-35-25-29-28-23(30(25)21-11-13-22(14-12-21)31(33)34)18(2)26-24(32)27-20-9-4-3-5-10-20/h6-8,11-15,18,20H,3-5,9-10,16H2,1-2H3,(H2,26,27,32). The van der Waals surface area contributed by atoms with Crippen LogP contribution in [0.5, 0.6) is 0 Å². The van der Waals surface area contributed by atoms with Crippen LogP contribution < -0.4 is 10.6 Å². The van der Waals surface area contributed by atoms with Gasteiger partial charge in [0.25, 0.3) is 5.69 Å². The maximum atomic E-state index is 12.7. The summed E-state index contributed by atoms with van der Waals surface area (Å²) in [7, 11) is 0. The van der Waals surface area contributed by atoms with Gasteiger partial charge in [0.05, 0.1) is 11.0 Å². The summed E-state index contributed by atoms with van der Waals surface area (Å²) in [5, 5.41) is 26.6. The molecule has 184 valence electrons. The number of benzene rings is 2. The SMILES string of the molecule is Cc1cccc(CSc2nnc(C(C)NC(=O)NC3CCCCC3)n2-c2ccc([N+](=O)[O-])cc2)c1. The maximum Gasteiger partial charge on any atom is 0.315 e. The second kappa shape index (κ2) is 11.4. The van der Waals surface area contributed by atoms with E-state index in [2.05, 4.69) is 46.0 Å². The molecular formula is C25H30N6O3S. The van der Waals surface area contributed by atoms with Gasteiger partial charge < -0.3 is 10.6 Å². The highest BCUT2D eigenvalue weighted by molar-refractivity contribution is 7.98. The average molecular weight is 495 g/mol. The number of aryl methyl sites for hydroxylation is 1. The molecule has 2 aromatic carbocycles. The minimum atomic E-state index is -0.427. The lowest BCUT2D eigenvalue weighted by atomic mass is 9.96. The number of carbonyl (C=O) groups excluding carboxylic acids is 1. The predicted octanol–water partition coefficient (Wildman–Crippen LogP) is 5.47. The third-order valence-electron chi connectivity index (χ3n) is 6.10. The van der Waals surface area contributed by atoms with Gasteiger partial charge in [-0.25, -0.2) is 4.79 Å². The summed E-state index contributed by atoms with van der Waals surface area (Å²) in [6, 6.07) is 14.1. The molecule has 1 heterocycles. The molecule has 0 aliphatic heterocycles. The minimum absolute atomic E-state index is 0.00960. The first-order chi connectivity index (χ1) is 16.9. The molecular weight excluding hydrogens is 464 g/mol. The summed E-state index contributed by atoms with van der Waals surface area (Å²) < 4.78 is 1.86. The molecule has 1 atom stereocenters. The summed E-state index contributed by atoms with van der Waals surface area (Å²) in [6.45, 7) is 3.92. The predicted molar refractivity (Wildman–Crippen MR) is 136 cm³/mol. The Morgan fingerprint density at radius 2 is 1.91 bits per heavy atom. The van der Waals surface area contributed by atoms with E-state index in [1.165, 1.54) is 35.9 Å². The summed E-state index contributed by atoms with van der Waals surface area (Å²) in [4.78, 5) is 23.4. The highest BCUT2D eigenvalue weighted by atomic mass is 32.2. The summed E-state index contributed by atoms with van der Waals surface area (Å²) in [5.41, 5.74) is 3.05. The Bertz CT molecular complexity index is 1170. The fourth-order valence-electron chi connectivity index (χ4n) is 4.31. The van der Waals surface area contributed by atoms with Gasteiger partial charge in [0, 0.05) is 29.6 Å². The lowest BCUT2D eigenvalue weighted by molar-refractivity contribution is -0.384. The fraction of sp³-hybridized carbons (Fsp3) is 0.400. The molecule has 1 aromatic heterocycles. The number of aromatic nitrogens is 3. The van der Waals surface area contributed by atoms with Crippen molar-refractivity contribution in [3.05, 3.63) is 75.6 Å². The van der Waals surface area contributed by atoms with Crippen LogP contribution in [0.3, 0.4) is 0 Å². The summed E-state index contributed by atoms with van der Waals surface area (Å²) >= 11 is 1.53. The van der Waals surface area contributed by atoms with Crippen LogP contribution in [0.15, 0.2) is 53.7 Å². The summed E-state index contributed by atoms with van der Waals surface area (Å²) in [5.74, 6) is 1.25. The smallest absolute Gasteiger partial charge is 0.315 e. The van der Waals surface area contributed by atoms with Gasteiger partial charge in [0.2, 0.25) is 0 Å². The third-order valence-corrected chi connectivity index (χ3v) is 7.10. The van der Waals surface area contributed by atoms with Crippen LogP contribution in [0.4, 0.5) is 10.5 Å². The van der Waals surface area contributed by atoms with Gasteiger partial charge in [-0.2, -0.15) is 0 Å². The van der Waals surface area contributed by atoms with Crippen LogP contribution in [-0.4, -0.2) is 31.8 Å². The number of nitrogens with one attached hydrogen (secondary N) is 2. The molecule has 1 saturated carbocycles. The number of nitro benzene ring substituents is 1. The van der Waals surface area contributed by atoms with Gasteiger partial charge in [-0.15, -0.1) is 10.2 Å². The Kier molecular flexibility index (Phi) is 8.02. The molecule has 4 rings (SSSR count). The largest absolute Gasteiger partial charge is 0.335 e. The van der Waals surface area contributed by atoms with E-state index in [-0.39, 0.29) is 17.8 Å². The molecule has 0 saturated heterocycles. The molecule has 1 fully saturated rings. The van der Waals surface area contributed by atoms with Gasteiger partial charge in [0.15, 0.2) is 11.0 Å². The molecule has 2 amide bonds. The molecule has 0 radical (unpaired) electrons. The van der Waals surface area contributed by atoms with E-state index >= 15 is 0 Å². The van der Waals surface area contributed by atoms with Crippen LogP contribution in [0.2, 0.25) is 0 Å². The molecule has 3 aromatic rings. The van der Waals surface area contributed by atoms with Crippen molar-refractivity contribution in [3.63, 3.8) is 0 Å². The number of amides is 2. The van der Waals surface area contributed by atoms with Gasteiger partial charge in [-0.05, 0) is 44.4 Å².